The summed E-state index contributed by atoms with van der Waals surface area (Å²) in [4.78, 5) is 29.0. The number of nitrogens with one attached hydrogen (secondary N) is 2. The molecule has 6 atom stereocenters. The van der Waals surface area contributed by atoms with E-state index in [0.717, 1.165) is 25.7 Å². The Bertz CT molecular complexity index is 518. The third-order valence-corrected chi connectivity index (χ3v) is 5.79. The van der Waals surface area contributed by atoms with Crippen LogP contribution in [0.4, 0.5) is 0 Å². The van der Waals surface area contributed by atoms with E-state index in [1.165, 1.54) is 0 Å². The molecule has 34 heavy (non-hydrogen) atoms. The fourth-order valence-electron chi connectivity index (χ4n) is 4.46. The molecule has 0 aliphatic carbocycles. The van der Waals surface area contributed by atoms with Gasteiger partial charge in [0.25, 0.3) is 0 Å². The zero-order valence-electron chi connectivity index (χ0n) is 21.4. The molecule has 1 fully saturated rings. The van der Waals surface area contributed by atoms with E-state index >= 15 is 0 Å². The number of aliphatic hydroxyl groups excluding tert-OH is 4. The van der Waals surface area contributed by atoms with Gasteiger partial charge in [-0.25, -0.2) is 0 Å². The third-order valence-electron chi connectivity index (χ3n) is 5.79. The molecule has 0 radical (unpaired) electrons. The van der Waals surface area contributed by atoms with E-state index in [4.69, 9.17) is 0 Å². The molecule has 0 aromatic heterocycles. The second-order valence-corrected chi connectivity index (χ2v) is 10.0. The summed E-state index contributed by atoms with van der Waals surface area (Å²) in [6, 6.07) is -1.06. The van der Waals surface area contributed by atoms with Crippen molar-refractivity contribution in [3.63, 3.8) is 0 Å². The van der Waals surface area contributed by atoms with E-state index in [2.05, 4.69) is 10.6 Å². The molecule has 1 aliphatic heterocycles. The van der Waals surface area contributed by atoms with Gasteiger partial charge in [-0.05, 0) is 79.3 Å². The average Bonchev–Trinajstić information content (AvgIpc) is 2.69. The molecule has 1 heterocycles. The van der Waals surface area contributed by atoms with Gasteiger partial charge in [-0.3, -0.25) is 19.4 Å². The van der Waals surface area contributed by atoms with Gasteiger partial charge in [0.2, 0.25) is 11.8 Å². The third kappa shape index (κ3) is 13.6. The largest absolute Gasteiger partial charge is 0.392 e. The minimum absolute atomic E-state index is 0.153. The van der Waals surface area contributed by atoms with E-state index in [0.29, 0.717) is 52.1 Å². The first-order valence-electron chi connectivity index (χ1n) is 12.8. The summed E-state index contributed by atoms with van der Waals surface area (Å²) in [5, 5.41) is 44.1. The van der Waals surface area contributed by atoms with Crippen molar-refractivity contribution in [1.82, 2.24) is 20.4 Å². The fourth-order valence-corrected chi connectivity index (χ4v) is 4.46. The Morgan fingerprint density at radius 2 is 0.912 bits per heavy atom. The Morgan fingerprint density at radius 1 is 0.618 bits per heavy atom. The number of hydrogen-bond acceptors (Lipinski definition) is 8. The summed E-state index contributed by atoms with van der Waals surface area (Å²) in [5.41, 5.74) is 0. The first kappa shape index (κ1) is 30.7. The molecule has 10 heteroatoms. The van der Waals surface area contributed by atoms with Crippen molar-refractivity contribution < 1.29 is 30.0 Å². The minimum Gasteiger partial charge on any atom is -0.392 e. The van der Waals surface area contributed by atoms with Crippen LogP contribution in [0.15, 0.2) is 0 Å². The Balaban J connectivity index is 2.34. The standard InChI is InChI=1S/C24H48N4O6/c1-17(29)13-27(14-18(2)30)11-7-5-9-21-23(33)26-22(24(34)25-21)10-6-8-12-28(15-19(3)31)16-20(4)32/h17-22,29-32H,5-16H2,1-4H3,(H,25,34)(H,26,33)/t17-,18-,19-,20+,21?,22?/m0/s1. The molecule has 2 unspecified atom stereocenters. The molecule has 0 saturated carbocycles. The monoisotopic (exact) mass is 488 g/mol. The van der Waals surface area contributed by atoms with Gasteiger partial charge in [-0.15, -0.1) is 0 Å². The van der Waals surface area contributed by atoms with E-state index in [1.807, 2.05) is 9.80 Å². The van der Waals surface area contributed by atoms with Crippen molar-refractivity contribution in [2.45, 2.75) is 103 Å². The first-order chi connectivity index (χ1) is 16.0. The molecular weight excluding hydrogens is 440 g/mol. The van der Waals surface area contributed by atoms with Crippen molar-refractivity contribution in [2.24, 2.45) is 0 Å². The summed E-state index contributed by atoms with van der Waals surface area (Å²) in [7, 11) is 0. The van der Waals surface area contributed by atoms with Gasteiger partial charge in [0.05, 0.1) is 24.4 Å². The fraction of sp³-hybridized carbons (Fsp3) is 0.917. The van der Waals surface area contributed by atoms with Gasteiger partial charge in [0, 0.05) is 26.2 Å². The number of hydrogen-bond donors (Lipinski definition) is 6. The minimum atomic E-state index is -0.529. The lowest BCUT2D eigenvalue weighted by molar-refractivity contribution is -0.137. The number of rotatable bonds is 18. The summed E-state index contributed by atoms with van der Waals surface area (Å²) >= 11 is 0. The Hall–Kier alpha value is -1.30. The van der Waals surface area contributed by atoms with Crippen LogP contribution >= 0.6 is 0 Å². The molecule has 0 aromatic carbocycles. The van der Waals surface area contributed by atoms with Crippen LogP contribution in [0.25, 0.3) is 0 Å². The molecule has 2 amide bonds. The molecule has 10 nitrogen and oxygen atoms in total. The molecule has 0 bridgehead atoms. The topological polar surface area (TPSA) is 146 Å². The summed E-state index contributed by atoms with van der Waals surface area (Å²) in [5.74, 6) is -0.307. The number of nitrogens with zero attached hydrogens (tertiary/aromatic N) is 2. The molecular formula is C24H48N4O6. The van der Waals surface area contributed by atoms with Crippen LogP contribution in [0.1, 0.15) is 66.2 Å². The van der Waals surface area contributed by atoms with Crippen molar-refractivity contribution in [3.8, 4) is 0 Å². The Morgan fingerprint density at radius 3 is 1.18 bits per heavy atom. The maximum Gasteiger partial charge on any atom is 0.243 e. The zero-order chi connectivity index (χ0) is 25.7. The van der Waals surface area contributed by atoms with Crippen LogP contribution in [0.5, 0.6) is 0 Å². The summed E-state index contributed by atoms with van der Waals surface area (Å²) in [6.07, 6.45) is 2.32. The van der Waals surface area contributed by atoms with Gasteiger partial charge in [-0.1, -0.05) is 0 Å². The lowest BCUT2D eigenvalue weighted by atomic mass is 10.0. The van der Waals surface area contributed by atoms with Gasteiger partial charge < -0.3 is 31.1 Å². The number of amides is 2. The van der Waals surface area contributed by atoms with Crippen LogP contribution in [-0.2, 0) is 9.59 Å². The van der Waals surface area contributed by atoms with Crippen LogP contribution < -0.4 is 10.6 Å². The van der Waals surface area contributed by atoms with Crippen LogP contribution in [0, 0.1) is 0 Å². The van der Waals surface area contributed by atoms with E-state index in [1.54, 1.807) is 27.7 Å². The smallest absolute Gasteiger partial charge is 0.243 e. The highest BCUT2D eigenvalue weighted by atomic mass is 16.3. The lowest BCUT2D eigenvalue weighted by Crippen LogP contribution is -2.61. The van der Waals surface area contributed by atoms with Gasteiger partial charge >= 0.3 is 0 Å². The predicted octanol–water partition coefficient (Wildman–Crippen LogP) is -0.563. The van der Waals surface area contributed by atoms with E-state index < -0.39 is 36.5 Å². The normalized spacial score (nSPS) is 22.4. The predicted molar refractivity (Wildman–Crippen MR) is 131 cm³/mol. The highest BCUT2D eigenvalue weighted by Crippen LogP contribution is 2.12. The van der Waals surface area contributed by atoms with Crippen LogP contribution in [-0.4, -0.2) is 118 Å². The molecule has 1 aliphatic rings. The SMILES string of the molecule is C[C@H](O)CN(CCCCC1NC(=O)C(CCCCN(C[C@H](C)O)C[C@@H](C)O)NC1=O)C[C@H](C)O. The maximum absolute atomic E-state index is 12.5. The number of unbranched alkanes of at least 4 members (excludes halogenated alkanes) is 2. The van der Waals surface area contributed by atoms with E-state index in [9.17, 15) is 30.0 Å². The average molecular weight is 489 g/mol. The highest BCUT2D eigenvalue weighted by molar-refractivity contribution is 5.96. The quantitative estimate of drug-likeness (QED) is 0.141. The maximum atomic E-state index is 12.5. The molecule has 200 valence electrons. The molecule has 0 spiro atoms. The number of carbonyl (C=O) groups is 2. The van der Waals surface area contributed by atoms with Gasteiger partial charge in [-0.2, -0.15) is 0 Å². The van der Waals surface area contributed by atoms with Crippen molar-refractivity contribution in [2.75, 3.05) is 39.3 Å². The number of carbonyl (C=O) groups excluding carboxylic acids is 2. The van der Waals surface area contributed by atoms with Crippen LogP contribution in [0.3, 0.4) is 0 Å². The van der Waals surface area contributed by atoms with Gasteiger partial charge in [0.15, 0.2) is 0 Å². The van der Waals surface area contributed by atoms with Crippen molar-refractivity contribution in [3.05, 3.63) is 0 Å². The number of piperazine rings is 1. The molecule has 6 N–H and O–H groups in total. The number of aliphatic hydroxyl groups is 4. The Kier molecular flexibility index (Phi) is 14.8. The van der Waals surface area contributed by atoms with Gasteiger partial charge in [0.1, 0.15) is 12.1 Å². The summed E-state index contributed by atoms with van der Waals surface area (Å²) < 4.78 is 0. The highest BCUT2D eigenvalue weighted by Gasteiger charge is 2.32. The second kappa shape index (κ2) is 16.4. The van der Waals surface area contributed by atoms with E-state index in [-0.39, 0.29) is 11.8 Å². The molecule has 1 saturated heterocycles. The first-order valence-corrected chi connectivity index (χ1v) is 12.8. The van der Waals surface area contributed by atoms with Crippen LogP contribution in [0.2, 0.25) is 0 Å². The van der Waals surface area contributed by atoms with Crippen molar-refractivity contribution >= 4 is 11.8 Å². The second-order valence-electron chi connectivity index (χ2n) is 10.0. The molecule has 0 aromatic rings. The summed E-state index contributed by atoms with van der Waals surface area (Å²) in [6.45, 7) is 10.2. The lowest BCUT2D eigenvalue weighted by Gasteiger charge is -2.30. The van der Waals surface area contributed by atoms with Crippen molar-refractivity contribution in [1.29, 1.82) is 0 Å². The molecule has 1 rings (SSSR count). The zero-order valence-corrected chi connectivity index (χ0v) is 21.4. The Labute approximate surface area is 204 Å².